The first kappa shape index (κ1) is 102. The maximum Gasteiger partial charge on any atom is 0.132 e. The normalized spacial score (nSPS) is 19.9. The van der Waals surface area contributed by atoms with E-state index in [4.69, 9.17) is 0 Å². The minimum atomic E-state index is 0.146. The number of allylic oxidation sites excluding steroid dienone is 11. The zero-order valence-corrected chi connectivity index (χ0v) is 90.0. The van der Waals surface area contributed by atoms with Crippen molar-refractivity contribution in [3.05, 3.63) is 493 Å². The number of benzene rings is 13. The summed E-state index contributed by atoms with van der Waals surface area (Å²) in [6.07, 6.45) is 20.3. The zero-order chi connectivity index (χ0) is 102. The molecule has 9 aliphatic rings. The van der Waals surface area contributed by atoms with Crippen LogP contribution in [0.25, 0.3) is 5.70 Å². The van der Waals surface area contributed by atoms with E-state index in [1.54, 1.807) is 11.4 Å². The number of rotatable bonds is 16. The molecule has 6 atom stereocenters. The third-order valence-corrected chi connectivity index (χ3v) is 32.5. The highest BCUT2D eigenvalue weighted by molar-refractivity contribution is 5.78. The quantitative estimate of drug-likeness (QED) is 0.0925. The summed E-state index contributed by atoms with van der Waals surface area (Å²) in [7, 11) is 11.1. The number of para-hydroxylation sites is 6. The second kappa shape index (κ2) is 46.7. The van der Waals surface area contributed by atoms with E-state index in [0.29, 0.717) is 17.9 Å². The molecule has 3 fully saturated rings. The van der Waals surface area contributed by atoms with Crippen LogP contribution in [0.2, 0.25) is 0 Å². The largest absolute Gasteiger partial charge is 0.352 e. The van der Waals surface area contributed by atoms with Gasteiger partial charge in [-0.25, -0.2) is 0 Å². The summed E-state index contributed by atoms with van der Waals surface area (Å²) in [5, 5.41) is 0. The molecule has 0 N–H and O–H groups in total. The number of aryl methyl sites for hydroxylation is 6. The molecule has 13 aromatic carbocycles. The number of hydrogen-bond donors (Lipinski definition) is 0. The van der Waals surface area contributed by atoms with Crippen molar-refractivity contribution < 1.29 is 0 Å². The van der Waals surface area contributed by atoms with Crippen molar-refractivity contribution in [2.75, 3.05) is 64.6 Å². The Hall–Kier alpha value is -14.1. The summed E-state index contributed by atoms with van der Waals surface area (Å²) in [4.78, 5) is 30.0. The van der Waals surface area contributed by atoms with Gasteiger partial charge in [-0.1, -0.05) is 373 Å². The van der Waals surface area contributed by atoms with Crippen LogP contribution in [-0.4, -0.2) is 70.7 Å². The van der Waals surface area contributed by atoms with Crippen molar-refractivity contribution in [3.63, 3.8) is 0 Å². The molecule has 3 saturated carbocycles. The molecule has 12 heteroatoms. The van der Waals surface area contributed by atoms with Gasteiger partial charge in [-0.05, 0) is 251 Å². The van der Waals surface area contributed by atoms with Gasteiger partial charge >= 0.3 is 0 Å². The number of nitrogens with zero attached hydrogens (tertiary/aromatic N) is 12. The monoisotopic (exact) mass is 1920 g/mol. The number of anilines is 6. The van der Waals surface area contributed by atoms with Crippen molar-refractivity contribution in [2.45, 2.75) is 237 Å². The summed E-state index contributed by atoms with van der Waals surface area (Å²) >= 11 is 0. The summed E-state index contributed by atoms with van der Waals surface area (Å²) in [6.45, 7) is 33.5. The van der Waals surface area contributed by atoms with Crippen LogP contribution in [0.3, 0.4) is 0 Å². The summed E-state index contributed by atoms with van der Waals surface area (Å²) in [5.41, 5.74) is 41.7. The Bertz CT molecular complexity index is 6590. The molecule has 3 aliphatic carbocycles. The standard InChI is InChI=1S/C24H30N2.C24H24N2.C24H30N2.C23H28N2.2C19H22N2/c2*1-18-12-10-11-17-22(18)26-19(2)23(20-13-6-4-7-14-20)25(3)24(26)21-15-8-5-9-16-21;1-18-12-10-11-17-23(18)26-20(3)19(2)25(22-15-8-5-9-16-22)24(26)21-13-6-4-7-14-21;1-17-11-7-10-16-21(17)25-18(2)22(19-12-8-9-13-19)24(3)23(25)20-14-5-4-6-15-20;2*1-14-10-8-9-13-18(14)21-16(3)15(2)20(4)19(21)17-11-6-5-7-12-17/h5,8-12,15-17,20,24H,4,6-7,13-14H2,1-3H3;4-17,24H,1-3H3;4,6-7,10-14,17,22,24H,5,8-9,15-16H2,1-3H3;4-7,10-11,14-16,19,23H,8-9,12-13H2,1-3H3;2*5-13,19H,1-4H3. The van der Waals surface area contributed by atoms with E-state index >= 15 is 0 Å². The van der Waals surface area contributed by atoms with Crippen molar-refractivity contribution in [3.8, 4) is 0 Å². The summed E-state index contributed by atoms with van der Waals surface area (Å²) < 4.78 is 0. The Morgan fingerprint density at radius 3 is 0.662 bits per heavy atom. The van der Waals surface area contributed by atoms with E-state index in [1.807, 2.05) is 0 Å². The van der Waals surface area contributed by atoms with Crippen LogP contribution in [0.5, 0.6) is 0 Å². The molecule has 13 aromatic rings. The van der Waals surface area contributed by atoms with E-state index in [9.17, 15) is 0 Å². The Morgan fingerprint density at radius 2 is 0.379 bits per heavy atom. The first-order valence-corrected chi connectivity index (χ1v) is 53.5. The highest BCUT2D eigenvalue weighted by Gasteiger charge is 2.46. The second-order valence-electron chi connectivity index (χ2n) is 41.5. The van der Waals surface area contributed by atoms with Gasteiger partial charge < -0.3 is 58.8 Å². The van der Waals surface area contributed by atoms with Gasteiger partial charge in [-0.15, -0.1) is 0 Å². The Kier molecular flexibility index (Phi) is 33.0. The van der Waals surface area contributed by atoms with Crippen LogP contribution in [0.15, 0.2) is 421 Å². The van der Waals surface area contributed by atoms with Crippen molar-refractivity contribution in [1.82, 2.24) is 29.4 Å². The van der Waals surface area contributed by atoms with Crippen LogP contribution in [0.1, 0.15) is 262 Å². The fraction of sp³-hybridized carbons (Fsp3) is 0.323. The van der Waals surface area contributed by atoms with E-state index in [0.717, 1.165) is 0 Å². The van der Waals surface area contributed by atoms with Crippen molar-refractivity contribution >= 4 is 39.8 Å². The third kappa shape index (κ3) is 21.4. The van der Waals surface area contributed by atoms with Gasteiger partial charge in [0.15, 0.2) is 0 Å². The van der Waals surface area contributed by atoms with Gasteiger partial charge in [-0.2, -0.15) is 0 Å². The van der Waals surface area contributed by atoms with Gasteiger partial charge in [0.1, 0.15) is 37.0 Å². The molecule has 6 heterocycles. The molecule has 22 rings (SSSR count). The molecule has 145 heavy (non-hydrogen) atoms. The third-order valence-electron chi connectivity index (χ3n) is 32.5. The smallest absolute Gasteiger partial charge is 0.132 e. The van der Waals surface area contributed by atoms with Gasteiger partial charge in [0.05, 0.1) is 5.70 Å². The average Bonchev–Trinajstić information content (AvgIpc) is 1.60. The van der Waals surface area contributed by atoms with Crippen LogP contribution in [0.4, 0.5) is 34.1 Å². The molecule has 0 bridgehead atoms. The van der Waals surface area contributed by atoms with Crippen LogP contribution in [-0.2, 0) is 0 Å². The molecule has 0 aromatic heterocycles. The van der Waals surface area contributed by atoms with Crippen molar-refractivity contribution in [2.24, 2.45) is 11.8 Å². The van der Waals surface area contributed by atoms with Crippen LogP contribution in [0, 0.1) is 53.4 Å². The molecule has 12 nitrogen and oxygen atoms in total. The Labute approximate surface area is 869 Å². The zero-order valence-electron chi connectivity index (χ0n) is 90.0. The SMILES string of the molecule is CC1=C(C)N(C2CCCCC2)C(c2ccccc2)N1c1ccccc1C.CC1=C(C)N(c2ccccc2C)C(c2ccccc2)N1C.CC1=C(C)N(c2ccccc2C)C(c2ccccc2)N1C.CC1=C(C2CCCC2)N(C)C(c2ccccc2)N1c1ccccc1C.CC1=C(C2CCCCC2)N(C)C(c2ccccc2)N1c1ccccc1C.CC1=C(c2ccccc2)N(C)C(c2ccccc2)N1c1ccccc1C. The highest BCUT2D eigenvalue weighted by Crippen LogP contribution is 2.54. The summed E-state index contributed by atoms with van der Waals surface area (Å²) in [6, 6.07) is 129. The molecule has 6 unspecified atom stereocenters. The lowest BCUT2D eigenvalue weighted by Crippen LogP contribution is -2.40. The first-order chi connectivity index (χ1) is 70.4. The van der Waals surface area contributed by atoms with Crippen molar-refractivity contribution in [1.29, 1.82) is 0 Å². The minimum absolute atomic E-state index is 0.146. The lowest BCUT2D eigenvalue weighted by Gasteiger charge is -2.41. The van der Waals surface area contributed by atoms with Gasteiger partial charge in [0, 0.05) is 150 Å². The Balaban J connectivity index is 0.000000119. The number of hydrogen-bond acceptors (Lipinski definition) is 12. The van der Waals surface area contributed by atoms with Gasteiger partial charge in [0.25, 0.3) is 0 Å². The predicted octanol–water partition coefficient (Wildman–Crippen LogP) is 33.8. The molecule has 6 aliphatic heterocycles. The van der Waals surface area contributed by atoms with E-state index < -0.39 is 0 Å². The highest BCUT2D eigenvalue weighted by atomic mass is 15.5. The first-order valence-electron chi connectivity index (χ1n) is 53.5. The summed E-state index contributed by atoms with van der Waals surface area (Å²) in [5.74, 6) is 1.42. The van der Waals surface area contributed by atoms with E-state index in [1.165, 1.54) is 253 Å². The van der Waals surface area contributed by atoms with Gasteiger partial charge in [0.2, 0.25) is 0 Å². The van der Waals surface area contributed by atoms with Crippen LogP contribution < -0.4 is 29.4 Å². The van der Waals surface area contributed by atoms with Gasteiger partial charge in [-0.3, -0.25) is 0 Å². The molecular formula is C133H156N12. The lowest BCUT2D eigenvalue weighted by atomic mass is 9.86. The van der Waals surface area contributed by atoms with E-state index in [2.05, 4.69) is 556 Å². The molecule has 0 spiro atoms. The maximum atomic E-state index is 2.72. The van der Waals surface area contributed by atoms with E-state index in [-0.39, 0.29) is 37.0 Å². The molecular weight excluding hydrogens is 1770 g/mol. The Morgan fingerprint density at radius 1 is 0.172 bits per heavy atom. The minimum Gasteiger partial charge on any atom is -0.352 e. The van der Waals surface area contributed by atoms with Crippen LogP contribution >= 0.6 is 0 Å². The molecule has 0 amide bonds. The predicted molar refractivity (Wildman–Crippen MR) is 613 cm³/mol. The topological polar surface area (TPSA) is 38.9 Å². The fourth-order valence-electron chi connectivity index (χ4n) is 24.8. The molecule has 0 saturated heterocycles. The lowest BCUT2D eigenvalue weighted by molar-refractivity contribution is 0.163. The maximum absolute atomic E-state index is 2.72. The second-order valence-corrected chi connectivity index (χ2v) is 41.5. The molecule has 748 valence electrons. The molecule has 0 radical (unpaired) electrons. The average molecular weight is 1920 g/mol. The fourth-order valence-corrected chi connectivity index (χ4v) is 24.8.